The van der Waals surface area contributed by atoms with Gasteiger partial charge in [0.15, 0.2) is 0 Å². The van der Waals surface area contributed by atoms with Crippen molar-refractivity contribution in [1.82, 2.24) is 20.6 Å². The molecule has 16 heteroatoms. The zero-order valence-electron chi connectivity index (χ0n) is 22.3. The van der Waals surface area contributed by atoms with Crippen LogP contribution in [0, 0.1) is 5.92 Å². The third-order valence-corrected chi connectivity index (χ3v) is 7.37. The lowest BCUT2D eigenvalue weighted by Crippen LogP contribution is -2.44. The molecule has 0 saturated carbocycles. The molecule has 2 aliphatic heterocycles. The first kappa shape index (κ1) is 31.1. The van der Waals surface area contributed by atoms with Gasteiger partial charge in [0.2, 0.25) is 11.7 Å². The molecule has 0 spiro atoms. The number of aliphatic hydroxyl groups excluding tert-OH is 1. The molecule has 42 heavy (non-hydrogen) atoms. The highest BCUT2D eigenvalue weighted by molar-refractivity contribution is 5.86. The second-order valence-electron chi connectivity index (χ2n) is 10.3. The summed E-state index contributed by atoms with van der Waals surface area (Å²) in [7, 11) is 0. The van der Waals surface area contributed by atoms with E-state index in [1.54, 1.807) is 4.90 Å². The molecule has 2 atom stereocenters. The standard InChI is InChI=1S/C26H30F6N6O4/c27-25(28,29)17-3-1-15(2-4-17)5-8-33-22(40)19-11-18(34-24(41)42)13-38(19)21-12-20(35-23(36-21)26(30,31)32)37-9-6-16(14-39)7-10-37/h1-4,12,16,18-19,34,39H,5-11,13-14H2,(H,33,40)(H,41,42)/t18-,19?/m1/s1. The number of hydrogen-bond donors (Lipinski definition) is 4. The predicted molar refractivity (Wildman–Crippen MR) is 138 cm³/mol. The highest BCUT2D eigenvalue weighted by atomic mass is 19.4. The molecule has 0 bridgehead atoms. The maximum Gasteiger partial charge on any atom is 0.451 e. The number of nitrogens with one attached hydrogen (secondary N) is 2. The number of benzene rings is 1. The zero-order valence-corrected chi connectivity index (χ0v) is 22.3. The number of aliphatic hydroxyl groups is 1. The van der Waals surface area contributed by atoms with E-state index in [4.69, 9.17) is 0 Å². The number of hydrogen-bond acceptors (Lipinski definition) is 7. The van der Waals surface area contributed by atoms with Crippen LogP contribution in [0.5, 0.6) is 0 Å². The van der Waals surface area contributed by atoms with Gasteiger partial charge in [-0.1, -0.05) is 12.1 Å². The van der Waals surface area contributed by atoms with Crippen LogP contribution in [-0.2, 0) is 23.6 Å². The zero-order chi connectivity index (χ0) is 30.7. The van der Waals surface area contributed by atoms with Gasteiger partial charge in [-0.2, -0.15) is 26.3 Å². The van der Waals surface area contributed by atoms with Gasteiger partial charge >= 0.3 is 18.4 Å². The number of piperidine rings is 1. The lowest BCUT2D eigenvalue weighted by atomic mass is 9.98. The summed E-state index contributed by atoms with van der Waals surface area (Å²) < 4.78 is 79.8. The van der Waals surface area contributed by atoms with Crippen molar-refractivity contribution in [2.45, 2.75) is 50.1 Å². The molecular formula is C26H30F6N6O4. The number of anilines is 2. The summed E-state index contributed by atoms with van der Waals surface area (Å²) in [5.41, 5.74) is -0.286. The van der Waals surface area contributed by atoms with E-state index >= 15 is 0 Å². The average Bonchev–Trinajstić information content (AvgIpc) is 3.35. The van der Waals surface area contributed by atoms with Gasteiger partial charge in [-0.3, -0.25) is 4.79 Å². The van der Waals surface area contributed by atoms with Crippen LogP contribution < -0.4 is 20.4 Å². The summed E-state index contributed by atoms with van der Waals surface area (Å²) in [5, 5.41) is 23.5. The SMILES string of the molecule is O=C(O)N[C@@H]1CC(C(=O)NCCc2ccc(C(F)(F)F)cc2)N(c2cc(N3CCC(CO)CC3)nc(C(F)(F)F)n2)C1. The maximum absolute atomic E-state index is 13.8. The molecule has 0 radical (unpaired) electrons. The van der Waals surface area contributed by atoms with E-state index in [0.29, 0.717) is 31.5 Å². The van der Waals surface area contributed by atoms with Crippen molar-refractivity contribution in [3.63, 3.8) is 0 Å². The number of alkyl halides is 6. The number of carboxylic acid groups (broad SMARTS) is 1. The highest BCUT2D eigenvalue weighted by Crippen LogP contribution is 2.34. The van der Waals surface area contributed by atoms with E-state index in [1.165, 1.54) is 23.1 Å². The Bertz CT molecular complexity index is 1250. The minimum absolute atomic E-state index is 0.000166. The third-order valence-electron chi connectivity index (χ3n) is 7.37. The predicted octanol–water partition coefficient (Wildman–Crippen LogP) is 3.30. The minimum Gasteiger partial charge on any atom is -0.465 e. The quantitative estimate of drug-likeness (QED) is 0.338. The highest BCUT2D eigenvalue weighted by Gasteiger charge is 2.41. The fourth-order valence-corrected chi connectivity index (χ4v) is 5.13. The van der Waals surface area contributed by atoms with E-state index in [0.717, 1.165) is 12.1 Å². The smallest absolute Gasteiger partial charge is 0.451 e. The van der Waals surface area contributed by atoms with Gasteiger partial charge in [0.25, 0.3) is 0 Å². The van der Waals surface area contributed by atoms with Gasteiger partial charge in [-0.25, -0.2) is 14.8 Å². The van der Waals surface area contributed by atoms with Crippen molar-refractivity contribution in [2.75, 3.05) is 42.6 Å². The molecule has 10 nitrogen and oxygen atoms in total. The molecule has 2 amide bonds. The second-order valence-corrected chi connectivity index (χ2v) is 10.3. The Balaban J connectivity index is 1.53. The molecule has 230 valence electrons. The third kappa shape index (κ3) is 7.72. The molecular weight excluding hydrogens is 574 g/mol. The van der Waals surface area contributed by atoms with E-state index in [9.17, 15) is 46.1 Å². The van der Waals surface area contributed by atoms with Crippen molar-refractivity contribution in [2.24, 2.45) is 5.92 Å². The monoisotopic (exact) mass is 604 g/mol. The summed E-state index contributed by atoms with van der Waals surface area (Å²) >= 11 is 0. The topological polar surface area (TPSA) is 131 Å². The molecule has 2 aromatic rings. The van der Waals surface area contributed by atoms with Gasteiger partial charge in [0.05, 0.1) is 11.6 Å². The van der Waals surface area contributed by atoms with E-state index in [1.807, 2.05) is 0 Å². The fraction of sp³-hybridized carbons (Fsp3) is 0.538. The van der Waals surface area contributed by atoms with Crippen LogP contribution >= 0.6 is 0 Å². The van der Waals surface area contributed by atoms with Gasteiger partial charge in [0, 0.05) is 38.9 Å². The van der Waals surface area contributed by atoms with Crippen LogP contribution in [0.25, 0.3) is 0 Å². The van der Waals surface area contributed by atoms with Crippen LogP contribution in [0.15, 0.2) is 30.3 Å². The number of carbonyl (C=O) groups is 2. The summed E-state index contributed by atoms with van der Waals surface area (Å²) in [4.78, 5) is 34.8. The van der Waals surface area contributed by atoms with Crippen molar-refractivity contribution in [3.05, 3.63) is 47.3 Å². The molecule has 2 aliphatic rings. The number of nitrogens with zero attached hydrogens (tertiary/aromatic N) is 4. The number of carbonyl (C=O) groups excluding carboxylic acids is 1. The van der Waals surface area contributed by atoms with Gasteiger partial charge in [-0.05, 0) is 49.3 Å². The summed E-state index contributed by atoms with van der Waals surface area (Å²) in [6.07, 6.45) is -9.51. The largest absolute Gasteiger partial charge is 0.465 e. The maximum atomic E-state index is 13.8. The average molecular weight is 605 g/mol. The van der Waals surface area contributed by atoms with Crippen molar-refractivity contribution in [1.29, 1.82) is 0 Å². The first-order valence-electron chi connectivity index (χ1n) is 13.3. The number of halogens is 6. The fourth-order valence-electron chi connectivity index (χ4n) is 5.13. The number of amides is 2. The van der Waals surface area contributed by atoms with Gasteiger partial charge in [-0.15, -0.1) is 0 Å². The normalized spacial score (nSPS) is 20.1. The summed E-state index contributed by atoms with van der Waals surface area (Å²) in [6.45, 7) is 0.571. The Morgan fingerprint density at radius 3 is 2.19 bits per heavy atom. The van der Waals surface area contributed by atoms with Crippen LogP contribution in [0.2, 0.25) is 0 Å². The lowest BCUT2D eigenvalue weighted by molar-refractivity contribution is -0.144. The number of rotatable bonds is 8. The van der Waals surface area contributed by atoms with Crippen LogP contribution in [0.4, 0.5) is 42.8 Å². The Kier molecular flexibility index (Phi) is 9.33. The molecule has 2 saturated heterocycles. The van der Waals surface area contributed by atoms with Crippen molar-refractivity contribution >= 4 is 23.6 Å². The summed E-state index contributed by atoms with van der Waals surface area (Å²) in [6, 6.07) is 3.88. The van der Waals surface area contributed by atoms with E-state index in [2.05, 4.69) is 20.6 Å². The first-order chi connectivity index (χ1) is 19.7. The van der Waals surface area contributed by atoms with Crippen LogP contribution in [0.3, 0.4) is 0 Å². The number of aromatic nitrogens is 2. The molecule has 1 aromatic heterocycles. The minimum atomic E-state index is -4.90. The Hall–Kier alpha value is -3.82. The second kappa shape index (κ2) is 12.6. The molecule has 1 unspecified atom stereocenters. The van der Waals surface area contributed by atoms with E-state index in [-0.39, 0.29) is 50.1 Å². The van der Waals surface area contributed by atoms with Crippen LogP contribution in [-0.4, -0.2) is 77.1 Å². The van der Waals surface area contributed by atoms with Gasteiger partial charge < -0.3 is 30.6 Å². The Morgan fingerprint density at radius 2 is 1.62 bits per heavy atom. The Morgan fingerprint density at radius 1 is 0.976 bits per heavy atom. The molecule has 4 rings (SSSR count). The Labute approximate surface area is 236 Å². The molecule has 2 fully saturated rings. The van der Waals surface area contributed by atoms with Crippen molar-refractivity contribution in [3.8, 4) is 0 Å². The lowest BCUT2D eigenvalue weighted by Gasteiger charge is -2.33. The molecule has 1 aromatic carbocycles. The molecule has 3 heterocycles. The molecule has 0 aliphatic carbocycles. The first-order valence-corrected chi connectivity index (χ1v) is 13.3. The van der Waals surface area contributed by atoms with E-state index < -0.39 is 47.8 Å². The van der Waals surface area contributed by atoms with Crippen LogP contribution in [0.1, 0.15) is 36.2 Å². The summed E-state index contributed by atoms with van der Waals surface area (Å²) in [5.74, 6) is -2.18. The van der Waals surface area contributed by atoms with Crippen molar-refractivity contribution < 1.29 is 46.1 Å². The molecule has 4 N–H and O–H groups in total. The van der Waals surface area contributed by atoms with Gasteiger partial charge in [0.1, 0.15) is 17.7 Å².